The first-order valence-electron chi connectivity index (χ1n) is 12.0. The quantitative estimate of drug-likeness (QED) is 0.516. The largest absolute Gasteiger partial charge is 0.374 e. The molecule has 1 saturated heterocycles. The normalized spacial score (nSPS) is 27.7. The predicted octanol–water partition coefficient (Wildman–Crippen LogP) is 2.65. The van der Waals surface area contributed by atoms with Crippen molar-refractivity contribution in [2.45, 2.75) is 57.0 Å². The third kappa shape index (κ3) is 4.75. The Morgan fingerprint density at radius 3 is 2.40 bits per heavy atom. The number of H-pyrrole nitrogens is 1. The first-order valence-corrected chi connectivity index (χ1v) is 12.0. The van der Waals surface area contributed by atoms with Crippen LogP contribution in [0.15, 0.2) is 76.4 Å². The minimum Gasteiger partial charge on any atom is -0.374 e. The molecule has 5 rings (SSSR count). The lowest BCUT2D eigenvalue weighted by Gasteiger charge is -2.41. The molecule has 1 aliphatic carbocycles. The monoisotopic (exact) mass is 477 g/mol. The summed E-state index contributed by atoms with van der Waals surface area (Å²) in [7, 11) is 0. The predicted molar refractivity (Wildman–Crippen MR) is 131 cm³/mol. The minimum atomic E-state index is -0.766. The molecular formula is C27H31N3O5. The topological polar surface area (TPSA) is 109 Å². The van der Waals surface area contributed by atoms with Crippen molar-refractivity contribution in [2.24, 2.45) is 11.7 Å². The summed E-state index contributed by atoms with van der Waals surface area (Å²) in [5.41, 5.74) is 7.46. The average molecular weight is 478 g/mol. The second-order valence-corrected chi connectivity index (χ2v) is 9.53. The van der Waals surface area contributed by atoms with Crippen LogP contribution in [-0.4, -0.2) is 33.9 Å². The number of nitrogens with two attached hydrogens (primary N) is 1. The minimum absolute atomic E-state index is 0.232. The zero-order chi connectivity index (χ0) is 24.4. The summed E-state index contributed by atoms with van der Waals surface area (Å²) in [6.45, 7) is 2.80. The van der Waals surface area contributed by atoms with E-state index < -0.39 is 23.1 Å². The van der Waals surface area contributed by atoms with Crippen molar-refractivity contribution in [1.82, 2.24) is 9.55 Å². The molecule has 0 amide bonds. The average Bonchev–Trinajstić information content (AvgIpc) is 3.10. The molecule has 5 atom stereocenters. The molecule has 1 aliphatic heterocycles. The van der Waals surface area contributed by atoms with Gasteiger partial charge in [-0.05, 0) is 30.9 Å². The number of hydrogen-bond donors (Lipinski definition) is 2. The third-order valence-corrected chi connectivity index (χ3v) is 7.10. The summed E-state index contributed by atoms with van der Waals surface area (Å²) < 4.78 is 20.8. The Kier molecular flexibility index (Phi) is 6.71. The van der Waals surface area contributed by atoms with Gasteiger partial charge in [-0.25, -0.2) is 4.79 Å². The first-order chi connectivity index (χ1) is 17.0. The third-order valence-electron chi connectivity index (χ3n) is 7.10. The number of rotatable bonds is 8. The van der Waals surface area contributed by atoms with E-state index in [1.807, 2.05) is 60.7 Å². The Bertz CT molecular complexity index is 1260. The second kappa shape index (κ2) is 9.91. The number of ether oxygens (including phenoxy) is 3. The van der Waals surface area contributed by atoms with Crippen LogP contribution in [0, 0.1) is 12.8 Å². The van der Waals surface area contributed by atoms with Crippen LogP contribution in [0.2, 0.25) is 0 Å². The summed E-state index contributed by atoms with van der Waals surface area (Å²) in [6.07, 6.45) is 1.86. The fourth-order valence-corrected chi connectivity index (χ4v) is 5.27. The van der Waals surface area contributed by atoms with Crippen molar-refractivity contribution in [3.05, 3.63) is 104 Å². The van der Waals surface area contributed by atoms with Gasteiger partial charge in [-0.2, -0.15) is 0 Å². The maximum Gasteiger partial charge on any atom is 0.330 e. The van der Waals surface area contributed by atoms with Crippen molar-refractivity contribution in [1.29, 1.82) is 0 Å². The number of hydrogen-bond acceptors (Lipinski definition) is 6. The van der Waals surface area contributed by atoms with E-state index in [4.69, 9.17) is 19.9 Å². The number of aryl methyl sites for hydroxylation is 1. The van der Waals surface area contributed by atoms with Gasteiger partial charge in [-0.3, -0.25) is 14.3 Å². The zero-order valence-corrected chi connectivity index (χ0v) is 19.8. The number of nitrogens with zero attached hydrogens (tertiary/aromatic N) is 1. The van der Waals surface area contributed by atoms with Crippen molar-refractivity contribution in [2.75, 3.05) is 6.61 Å². The molecule has 1 saturated carbocycles. The molecule has 8 heteroatoms. The highest BCUT2D eigenvalue weighted by atomic mass is 16.6. The van der Waals surface area contributed by atoms with Gasteiger partial charge in [0.05, 0.1) is 25.9 Å². The Morgan fingerprint density at radius 1 is 1.06 bits per heavy atom. The van der Waals surface area contributed by atoms with Crippen LogP contribution in [0.25, 0.3) is 0 Å². The van der Waals surface area contributed by atoms with Gasteiger partial charge in [0.1, 0.15) is 11.8 Å². The molecule has 0 spiro atoms. The van der Waals surface area contributed by atoms with Crippen molar-refractivity contribution in [3.8, 4) is 0 Å². The Balaban J connectivity index is 1.46. The van der Waals surface area contributed by atoms with E-state index in [0.717, 1.165) is 17.5 Å². The summed E-state index contributed by atoms with van der Waals surface area (Å²) in [6, 6.07) is 19.7. The Labute approximate surface area is 203 Å². The molecule has 2 aromatic carbocycles. The highest BCUT2D eigenvalue weighted by molar-refractivity contribution is 5.16. The maximum atomic E-state index is 12.8. The maximum absolute atomic E-state index is 12.8. The van der Waals surface area contributed by atoms with Gasteiger partial charge in [0, 0.05) is 23.7 Å². The molecular weight excluding hydrogens is 446 g/mol. The summed E-state index contributed by atoms with van der Waals surface area (Å²) in [5.74, 6) is -0.282. The zero-order valence-electron chi connectivity index (χ0n) is 19.8. The molecule has 8 nitrogen and oxygen atoms in total. The van der Waals surface area contributed by atoms with E-state index in [2.05, 4.69) is 4.98 Å². The van der Waals surface area contributed by atoms with Crippen molar-refractivity contribution >= 4 is 0 Å². The van der Waals surface area contributed by atoms with Gasteiger partial charge in [0.25, 0.3) is 5.56 Å². The second-order valence-electron chi connectivity index (χ2n) is 9.53. The Morgan fingerprint density at radius 2 is 1.71 bits per heavy atom. The number of aromatic amines is 1. The Hall–Kier alpha value is -3.04. The molecule has 2 bridgehead atoms. The van der Waals surface area contributed by atoms with E-state index >= 15 is 0 Å². The fourth-order valence-electron chi connectivity index (χ4n) is 5.27. The van der Waals surface area contributed by atoms with Crippen LogP contribution in [0.4, 0.5) is 0 Å². The van der Waals surface area contributed by atoms with Gasteiger partial charge in [0.2, 0.25) is 0 Å². The van der Waals surface area contributed by atoms with E-state index in [-0.39, 0.29) is 18.1 Å². The lowest BCUT2D eigenvalue weighted by Crippen LogP contribution is -2.55. The van der Waals surface area contributed by atoms with Gasteiger partial charge in [-0.15, -0.1) is 0 Å². The molecule has 35 heavy (non-hydrogen) atoms. The van der Waals surface area contributed by atoms with Crippen molar-refractivity contribution < 1.29 is 14.2 Å². The van der Waals surface area contributed by atoms with Gasteiger partial charge < -0.3 is 19.9 Å². The van der Waals surface area contributed by atoms with Crippen LogP contribution < -0.4 is 17.0 Å². The van der Waals surface area contributed by atoms with E-state index in [0.29, 0.717) is 31.8 Å². The number of aromatic nitrogens is 2. The number of nitrogens with one attached hydrogen (secondary N) is 1. The van der Waals surface area contributed by atoms with Gasteiger partial charge in [0.15, 0.2) is 0 Å². The molecule has 1 aromatic heterocycles. The molecule has 2 aliphatic rings. The standard InChI is InChI=1S/C27H31N3O5/c1-18-14-30(26(32)29-24(18)31)25-22-21(28)12-13-27(35-25,17-33-15-19-8-4-2-5-9-19)23(22)34-16-20-10-6-3-7-11-20/h2-11,14,21-23,25H,12-13,15-17,28H2,1H3,(H,29,31,32)/t21-,22-,23+,25-,27-/m1/s1. The SMILES string of the molecule is Cc1cn([C@@H]2O[C@@]3(COCc4ccccc4)CC[C@@H](N)[C@@H]2[C@@H]3OCc2ccccc2)c(=O)[nH]c1=O. The van der Waals surface area contributed by atoms with Crippen LogP contribution >= 0.6 is 0 Å². The molecule has 2 fully saturated rings. The van der Waals surface area contributed by atoms with Gasteiger partial charge in [-0.1, -0.05) is 60.7 Å². The van der Waals surface area contributed by atoms with Crippen LogP contribution in [0.3, 0.4) is 0 Å². The van der Waals surface area contributed by atoms with Crippen LogP contribution in [0.5, 0.6) is 0 Å². The number of benzene rings is 2. The summed E-state index contributed by atoms with van der Waals surface area (Å²) in [5, 5.41) is 0. The van der Waals surface area contributed by atoms with E-state index in [9.17, 15) is 9.59 Å². The van der Waals surface area contributed by atoms with Gasteiger partial charge >= 0.3 is 5.69 Å². The summed E-state index contributed by atoms with van der Waals surface area (Å²) in [4.78, 5) is 27.1. The number of fused-ring (bicyclic) bond motifs is 2. The first kappa shape index (κ1) is 23.7. The fraction of sp³-hybridized carbons (Fsp3) is 0.407. The molecule has 0 unspecified atom stereocenters. The molecule has 3 N–H and O–H groups in total. The van der Waals surface area contributed by atoms with Crippen LogP contribution in [0.1, 0.15) is 35.8 Å². The highest BCUT2D eigenvalue weighted by Gasteiger charge is 2.61. The highest BCUT2D eigenvalue weighted by Crippen LogP contribution is 2.51. The molecule has 3 aromatic rings. The molecule has 184 valence electrons. The summed E-state index contributed by atoms with van der Waals surface area (Å²) >= 11 is 0. The molecule has 2 heterocycles. The van der Waals surface area contributed by atoms with Crippen molar-refractivity contribution in [3.63, 3.8) is 0 Å². The van der Waals surface area contributed by atoms with E-state index in [1.165, 1.54) is 4.57 Å². The lowest BCUT2D eigenvalue weighted by molar-refractivity contribution is -0.164. The van der Waals surface area contributed by atoms with Crippen LogP contribution in [-0.2, 0) is 27.4 Å². The lowest BCUT2D eigenvalue weighted by atomic mass is 9.75. The van der Waals surface area contributed by atoms with E-state index in [1.54, 1.807) is 13.1 Å². The molecule has 0 radical (unpaired) electrons. The smallest absolute Gasteiger partial charge is 0.330 e.